The highest BCUT2D eigenvalue weighted by molar-refractivity contribution is 7.71. The van der Waals surface area contributed by atoms with Gasteiger partial charge in [0.1, 0.15) is 5.82 Å². The van der Waals surface area contributed by atoms with Gasteiger partial charge in [-0.15, -0.1) is 0 Å². The molecule has 1 aromatic heterocycles. The van der Waals surface area contributed by atoms with Gasteiger partial charge >= 0.3 is 0 Å². The van der Waals surface area contributed by atoms with E-state index < -0.39 is 0 Å². The van der Waals surface area contributed by atoms with Crippen molar-refractivity contribution in [2.75, 3.05) is 18.5 Å². The lowest BCUT2D eigenvalue weighted by Gasteiger charge is -2.17. The van der Waals surface area contributed by atoms with Gasteiger partial charge in [-0.05, 0) is 42.0 Å². The second-order valence-corrected chi connectivity index (χ2v) is 6.23. The number of nitriles is 1. The first-order valence-electron chi connectivity index (χ1n) is 8.24. The molecule has 3 aromatic rings. The van der Waals surface area contributed by atoms with Gasteiger partial charge in [0.15, 0.2) is 5.82 Å². The summed E-state index contributed by atoms with van der Waals surface area (Å²) >= 11 is 5.22. The molecule has 27 heavy (non-hydrogen) atoms. The van der Waals surface area contributed by atoms with Crippen LogP contribution in [0, 0.1) is 21.9 Å². The molecule has 0 saturated carbocycles. The molecule has 1 N–H and O–H groups in total. The number of aromatic nitrogens is 3. The first-order valence-corrected chi connectivity index (χ1v) is 8.65. The number of anilines is 1. The molecular weight excluding hydrogens is 363 g/mol. The quantitative estimate of drug-likeness (QED) is 0.519. The third-order valence-electron chi connectivity index (χ3n) is 3.95. The van der Waals surface area contributed by atoms with Crippen molar-refractivity contribution in [1.29, 1.82) is 5.26 Å². The Morgan fingerprint density at radius 2 is 2.11 bits per heavy atom. The third kappa shape index (κ3) is 4.46. The smallest absolute Gasteiger partial charge is 0.216 e. The Morgan fingerprint density at radius 3 is 2.81 bits per heavy atom. The van der Waals surface area contributed by atoms with E-state index in [1.807, 2.05) is 36.2 Å². The molecule has 1 heterocycles. The average molecular weight is 380 g/mol. The van der Waals surface area contributed by atoms with Crippen LogP contribution in [0.2, 0.25) is 0 Å². The van der Waals surface area contributed by atoms with Gasteiger partial charge in [0.25, 0.3) is 0 Å². The fourth-order valence-electron chi connectivity index (χ4n) is 2.50. The molecule has 2 aromatic carbocycles. The number of benzene rings is 2. The van der Waals surface area contributed by atoms with E-state index in [4.69, 9.17) is 17.5 Å². The van der Waals surface area contributed by atoms with E-state index in [2.05, 4.69) is 21.4 Å². The maximum atomic E-state index is 13.5. The fourth-order valence-corrected chi connectivity index (χ4v) is 2.68. The van der Waals surface area contributed by atoms with Crippen molar-refractivity contribution in [1.82, 2.24) is 14.9 Å². The molecule has 0 bridgehead atoms. The summed E-state index contributed by atoms with van der Waals surface area (Å²) in [5.41, 5.74) is 2.47. The monoisotopic (exact) mass is 380 g/mol. The van der Waals surface area contributed by atoms with E-state index in [9.17, 15) is 4.39 Å². The summed E-state index contributed by atoms with van der Waals surface area (Å²) in [5, 5.41) is 19.9. The van der Waals surface area contributed by atoms with Crippen LogP contribution in [0.1, 0.15) is 12.0 Å². The van der Waals surface area contributed by atoms with Crippen LogP contribution in [0.3, 0.4) is 0 Å². The van der Waals surface area contributed by atoms with Crippen LogP contribution in [0.15, 0.2) is 53.6 Å². The van der Waals surface area contributed by atoms with Gasteiger partial charge in [0.2, 0.25) is 4.77 Å². The van der Waals surface area contributed by atoms with Crippen LogP contribution in [-0.4, -0.2) is 34.7 Å². The second-order valence-electron chi connectivity index (χ2n) is 5.84. The van der Waals surface area contributed by atoms with E-state index in [0.717, 1.165) is 11.3 Å². The van der Waals surface area contributed by atoms with Crippen LogP contribution in [0.5, 0.6) is 0 Å². The van der Waals surface area contributed by atoms with Crippen LogP contribution in [0.4, 0.5) is 10.1 Å². The highest BCUT2D eigenvalue weighted by Gasteiger charge is 2.08. The molecule has 136 valence electrons. The van der Waals surface area contributed by atoms with Crippen LogP contribution >= 0.6 is 12.2 Å². The predicted molar refractivity (Wildman–Crippen MR) is 106 cm³/mol. The highest BCUT2D eigenvalue weighted by atomic mass is 32.1. The second kappa shape index (κ2) is 8.38. The largest absolute Gasteiger partial charge is 0.374 e. The van der Waals surface area contributed by atoms with Crippen molar-refractivity contribution in [3.8, 4) is 17.5 Å². The molecule has 0 spiro atoms. The number of H-pyrrole nitrogens is 1. The van der Waals surface area contributed by atoms with Gasteiger partial charge in [-0.3, -0.25) is 0 Å². The number of aromatic amines is 1. The standard InChI is InChI=1S/C19H17FN6S/c1-25(11-3-10-21)17-8-6-14(7-9-17)13-22-26-18(23-24-19(26)27)15-4-2-5-16(20)12-15/h2,4-9,12-13H,3,11H2,1H3,(H,24,27)/b22-13-. The summed E-state index contributed by atoms with van der Waals surface area (Å²) in [7, 11) is 1.94. The van der Waals surface area contributed by atoms with Crippen molar-refractivity contribution in [3.63, 3.8) is 0 Å². The number of hydrogen-bond donors (Lipinski definition) is 1. The van der Waals surface area contributed by atoms with Crippen molar-refractivity contribution in [2.45, 2.75) is 6.42 Å². The molecule has 3 rings (SSSR count). The number of halogens is 1. The van der Waals surface area contributed by atoms with Crippen molar-refractivity contribution in [3.05, 3.63) is 64.7 Å². The molecule has 0 radical (unpaired) electrons. The topological polar surface area (TPSA) is 73.0 Å². The molecule has 0 amide bonds. The highest BCUT2D eigenvalue weighted by Crippen LogP contribution is 2.18. The van der Waals surface area contributed by atoms with Gasteiger partial charge in [-0.1, -0.05) is 24.3 Å². The number of nitrogens with zero attached hydrogens (tertiary/aromatic N) is 5. The molecule has 6 nitrogen and oxygen atoms in total. The Hall–Kier alpha value is -3.31. The number of hydrogen-bond acceptors (Lipinski definition) is 5. The minimum Gasteiger partial charge on any atom is -0.374 e. The lowest BCUT2D eigenvalue weighted by Crippen LogP contribution is -2.17. The van der Waals surface area contributed by atoms with Gasteiger partial charge in [-0.25, -0.2) is 9.49 Å². The Morgan fingerprint density at radius 1 is 1.33 bits per heavy atom. The average Bonchev–Trinajstić information content (AvgIpc) is 3.05. The Balaban J connectivity index is 1.82. The summed E-state index contributed by atoms with van der Waals surface area (Å²) in [6, 6.07) is 16.0. The zero-order valence-corrected chi connectivity index (χ0v) is 15.4. The molecular formula is C19H17FN6S. The van der Waals surface area contributed by atoms with E-state index in [-0.39, 0.29) is 5.82 Å². The molecule has 0 aliphatic rings. The van der Waals surface area contributed by atoms with Crippen LogP contribution in [-0.2, 0) is 0 Å². The van der Waals surface area contributed by atoms with Crippen molar-refractivity contribution in [2.24, 2.45) is 5.10 Å². The van der Waals surface area contributed by atoms with Gasteiger partial charge in [0, 0.05) is 24.8 Å². The van der Waals surface area contributed by atoms with E-state index in [1.54, 1.807) is 18.3 Å². The van der Waals surface area contributed by atoms with E-state index >= 15 is 0 Å². The summed E-state index contributed by atoms with van der Waals surface area (Å²) in [5.74, 6) is 0.0802. The molecule has 0 atom stereocenters. The Bertz CT molecular complexity index is 1050. The zero-order chi connectivity index (χ0) is 19.2. The van der Waals surface area contributed by atoms with Crippen molar-refractivity contribution < 1.29 is 4.39 Å². The minimum absolute atomic E-state index is 0.318. The molecule has 0 fully saturated rings. The molecule has 0 aliphatic heterocycles. The van der Waals surface area contributed by atoms with E-state index in [0.29, 0.717) is 29.1 Å². The summed E-state index contributed by atoms with van der Waals surface area (Å²) in [6.07, 6.45) is 2.13. The maximum Gasteiger partial charge on any atom is 0.216 e. The fraction of sp³-hybridized carbons (Fsp3) is 0.158. The molecule has 8 heteroatoms. The van der Waals surface area contributed by atoms with Gasteiger partial charge in [-0.2, -0.15) is 20.1 Å². The SMILES string of the molecule is CN(CCC#N)c1ccc(/C=N\n2c(-c3cccc(F)c3)n[nH]c2=S)cc1. The summed E-state index contributed by atoms with van der Waals surface area (Å²) < 4.78 is 15.3. The first kappa shape index (κ1) is 18.5. The lowest BCUT2D eigenvalue weighted by molar-refractivity contribution is 0.628. The summed E-state index contributed by atoms with van der Waals surface area (Å²) in [4.78, 5) is 2.01. The van der Waals surface area contributed by atoms with Gasteiger partial charge in [0.05, 0.1) is 18.7 Å². The first-order chi connectivity index (χ1) is 13.1. The predicted octanol–water partition coefficient (Wildman–Crippen LogP) is 3.98. The molecule has 0 saturated heterocycles. The normalized spacial score (nSPS) is 10.9. The zero-order valence-electron chi connectivity index (χ0n) is 14.6. The van der Waals surface area contributed by atoms with E-state index in [1.165, 1.54) is 16.8 Å². The number of nitrogens with one attached hydrogen (secondary N) is 1. The summed E-state index contributed by atoms with van der Waals surface area (Å²) in [6.45, 7) is 0.672. The Kier molecular flexibility index (Phi) is 5.74. The maximum absolute atomic E-state index is 13.5. The minimum atomic E-state index is -0.354. The molecule has 0 aliphatic carbocycles. The van der Waals surface area contributed by atoms with Crippen LogP contribution < -0.4 is 4.90 Å². The molecule has 0 unspecified atom stereocenters. The third-order valence-corrected chi connectivity index (χ3v) is 4.21. The Labute approximate surface area is 161 Å². The van der Waals surface area contributed by atoms with Gasteiger partial charge < -0.3 is 4.90 Å². The lowest BCUT2D eigenvalue weighted by atomic mass is 10.2. The number of rotatable bonds is 6. The van der Waals surface area contributed by atoms with Crippen LogP contribution in [0.25, 0.3) is 11.4 Å². The van der Waals surface area contributed by atoms with Crippen molar-refractivity contribution >= 4 is 24.1 Å².